The summed E-state index contributed by atoms with van der Waals surface area (Å²) in [6.07, 6.45) is 1.26. The molecule has 0 saturated carbocycles. The fraction of sp³-hybridized carbons (Fsp3) is 0.833. The first-order valence-electron chi connectivity index (χ1n) is 2.89. The molecule has 0 bridgehead atoms. The van der Waals surface area contributed by atoms with Crippen molar-refractivity contribution in [3.8, 4) is 0 Å². The monoisotopic (exact) mass is 148 g/mol. The highest BCUT2D eigenvalue weighted by Gasteiger charge is 2.03. The van der Waals surface area contributed by atoms with Crippen LogP contribution in [-0.4, -0.2) is 17.4 Å². The Balaban J connectivity index is 3.44. The van der Waals surface area contributed by atoms with Gasteiger partial charge in [-0.15, -0.1) is 0 Å². The van der Waals surface area contributed by atoms with Crippen molar-refractivity contribution in [2.45, 2.75) is 25.9 Å². The van der Waals surface area contributed by atoms with Gasteiger partial charge in [-0.25, -0.2) is 0 Å². The molecule has 0 rings (SSSR count). The van der Waals surface area contributed by atoms with Crippen LogP contribution in [0.25, 0.3) is 0 Å². The maximum Gasteiger partial charge on any atom is 0.00268 e. The molecule has 0 aliphatic rings. The summed E-state index contributed by atoms with van der Waals surface area (Å²) in [4.78, 5) is 0. The van der Waals surface area contributed by atoms with Gasteiger partial charge >= 0.3 is 0 Å². The van der Waals surface area contributed by atoms with Gasteiger partial charge in [-0.3, -0.25) is 0 Å². The van der Waals surface area contributed by atoms with Gasteiger partial charge in [0.1, 0.15) is 0 Å². The maximum absolute atomic E-state index is 4.82. The molecule has 0 aromatic rings. The average molecular weight is 148 g/mol. The minimum absolute atomic E-state index is 0.0502. The second kappa shape index (κ2) is 4.40. The Kier molecular flexibility index (Phi) is 4.69. The fourth-order valence-corrected chi connectivity index (χ4v) is 1.80. The van der Waals surface area contributed by atoms with Gasteiger partial charge in [0, 0.05) is 5.11 Å². The second-order valence-electron chi connectivity index (χ2n) is 2.03. The van der Waals surface area contributed by atoms with Crippen molar-refractivity contribution < 1.29 is 0 Å². The molecule has 8 heavy (non-hydrogen) atoms. The first-order valence-corrected chi connectivity index (χ1v) is 5.29. The van der Waals surface area contributed by atoms with Crippen LogP contribution in [0.15, 0.2) is 0 Å². The third kappa shape index (κ3) is 2.74. The average Bonchev–Trinajstić information content (AvgIpc) is 1.84. The Bertz CT molecular complexity index is 72.9. The first kappa shape index (κ1) is 8.52. The predicted molar refractivity (Wildman–Crippen MR) is 46.3 cm³/mol. The molecule has 0 heterocycles. The molecule has 0 amide bonds. The molecule has 0 fully saturated rings. The molecule has 2 unspecified atom stereocenters. The van der Waals surface area contributed by atoms with E-state index in [4.69, 9.17) is 12.2 Å². The molecule has 0 spiro atoms. The molecule has 0 nitrogen and oxygen atoms in total. The Labute approximate surface area is 58.4 Å². The van der Waals surface area contributed by atoms with E-state index in [0.717, 1.165) is 5.66 Å². The van der Waals surface area contributed by atoms with Gasteiger partial charge in [0.2, 0.25) is 0 Å². The summed E-state index contributed by atoms with van der Waals surface area (Å²) >= 11 is 4.82. The van der Waals surface area contributed by atoms with Crippen LogP contribution in [0.1, 0.15) is 20.3 Å². The summed E-state index contributed by atoms with van der Waals surface area (Å²) in [7, 11) is 0.0502. The molecule has 0 radical (unpaired) electrons. The van der Waals surface area contributed by atoms with E-state index >= 15 is 0 Å². The molecule has 0 aliphatic carbocycles. The van der Waals surface area contributed by atoms with Gasteiger partial charge in [-0.1, -0.05) is 34.0 Å². The van der Waals surface area contributed by atoms with Crippen molar-refractivity contribution in [1.29, 1.82) is 0 Å². The Hall–Kier alpha value is 0.520. The van der Waals surface area contributed by atoms with Crippen molar-refractivity contribution >= 4 is 25.2 Å². The number of hydrogen-bond acceptors (Lipinski definition) is 1. The molecule has 0 aliphatic heterocycles. The Morgan fingerprint density at radius 1 is 1.75 bits per heavy atom. The van der Waals surface area contributed by atoms with Crippen molar-refractivity contribution in [1.82, 2.24) is 0 Å². The minimum atomic E-state index is 0.0502. The third-order valence-corrected chi connectivity index (χ3v) is 4.54. The molecule has 48 valence electrons. The number of rotatable bonds is 3. The van der Waals surface area contributed by atoms with E-state index in [-0.39, 0.29) is 7.92 Å². The topological polar surface area (TPSA) is 0 Å². The number of hydrogen-bond donors (Lipinski definition) is 0. The largest absolute Gasteiger partial charge is 0.0882 e. The van der Waals surface area contributed by atoms with Crippen LogP contribution >= 0.6 is 20.1 Å². The predicted octanol–water partition coefficient (Wildman–Crippen LogP) is 2.85. The standard InChI is InChI=1S/C6H13PS/c1-4-6(2)7(3)5-8/h5-6H,4H2,1-3H3. The Morgan fingerprint density at radius 2 is 2.25 bits per heavy atom. The van der Waals surface area contributed by atoms with Gasteiger partial charge in [-0.05, 0) is 18.7 Å². The van der Waals surface area contributed by atoms with Crippen LogP contribution in [0.4, 0.5) is 0 Å². The first-order chi connectivity index (χ1) is 3.72. The summed E-state index contributed by atoms with van der Waals surface area (Å²) in [5, 5.41) is 1.92. The lowest BCUT2D eigenvalue weighted by atomic mass is 10.4. The zero-order valence-electron chi connectivity index (χ0n) is 5.72. The van der Waals surface area contributed by atoms with Gasteiger partial charge in [0.05, 0.1) is 0 Å². The smallest absolute Gasteiger partial charge is 0.00268 e. The molecular formula is C6H13PS. The minimum Gasteiger partial charge on any atom is -0.0882 e. The van der Waals surface area contributed by atoms with E-state index in [1.165, 1.54) is 6.42 Å². The SMILES string of the molecule is CCC(C)P(C)C=S. The van der Waals surface area contributed by atoms with Crippen LogP contribution in [0.5, 0.6) is 0 Å². The van der Waals surface area contributed by atoms with Crippen LogP contribution < -0.4 is 0 Å². The van der Waals surface area contributed by atoms with E-state index in [1.54, 1.807) is 0 Å². The highest BCUT2D eigenvalue weighted by molar-refractivity contribution is 7.96. The van der Waals surface area contributed by atoms with Gasteiger partial charge in [0.15, 0.2) is 0 Å². The molecule has 0 saturated heterocycles. The quantitative estimate of drug-likeness (QED) is 0.438. The molecule has 0 aromatic carbocycles. The van der Waals surface area contributed by atoms with Crippen LogP contribution in [0.2, 0.25) is 0 Å². The summed E-state index contributed by atoms with van der Waals surface area (Å²) in [5.74, 6) is 0. The second-order valence-corrected chi connectivity index (χ2v) is 5.08. The summed E-state index contributed by atoms with van der Waals surface area (Å²) in [5.41, 5.74) is 0.822. The van der Waals surface area contributed by atoms with Crippen molar-refractivity contribution in [3.05, 3.63) is 0 Å². The number of thiocarbonyl (C=S) groups is 1. The molecule has 2 atom stereocenters. The van der Waals surface area contributed by atoms with Gasteiger partial charge in [-0.2, -0.15) is 0 Å². The van der Waals surface area contributed by atoms with Crippen LogP contribution in [0, 0.1) is 0 Å². The van der Waals surface area contributed by atoms with Crippen molar-refractivity contribution in [2.75, 3.05) is 6.66 Å². The van der Waals surface area contributed by atoms with Crippen molar-refractivity contribution in [2.24, 2.45) is 0 Å². The van der Waals surface area contributed by atoms with E-state index in [0.29, 0.717) is 0 Å². The summed E-state index contributed by atoms with van der Waals surface area (Å²) in [6.45, 7) is 6.70. The van der Waals surface area contributed by atoms with Gasteiger partial charge in [0.25, 0.3) is 0 Å². The van der Waals surface area contributed by atoms with Gasteiger partial charge < -0.3 is 0 Å². The van der Waals surface area contributed by atoms with E-state index < -0.39 is 0 Å². The van der Waals surface area contributed by atoms with Crippen LogP contribution in [-0.2, 0) is 0 Å². The van der Waals surface area contributed by atoms with E-state index in [9.17, 15) is 0 Å². The summed E-state index contributed by atoms with van der Waals surface area (Å²) < 4.78 is 0. The van der Waals surface area contributed by atoms with E-state index in [2.05, 4.69) is 20.5 Å². The highest BCUT2D eigenvalue weighted by Crippen LogP contribution is 2.35. The fourth-order valence-electron chi connectivity index (χ4n) is 0.392. The van der Waals surface area contributed by atoms with E-state index in [1.807, 2.05) is 5.11 Å². The normalized spacial score (nSPS) is 17.4. The zero-order chi connectivity index (χ0) is 6.57. The lowest BCUT2D eigenvalue weighted by molar-refractivity contribution is 0.899. The Morgan fingerprint density at radius 3 is 2.38 bits per heavy atom. The lowest BCUT2D eigenvalue weighted by Crippen LogP contribution is -1.95. The van der Waals surface area contributed by atoms with Crippen molar-refractivity contribution in [3.63, 3.8) is 0 Å². The molecule has 0 N–H and O–H groups in total. The highest BCUT2D eigenvalue weighted by atomic mass is 32.1. The molecular weight excluding hydrogens is 135 g/mol. The molecule has 0 aromatic heterocycles. The summed E-state index contributed by atoms with van der Waals surface area (Å²) in [6, 6.07) is 0. The lowest BCUT2D eigenvalue weighted by Gasteiger charge is -2.11. The maximum atomic E-state index is 4.82. The molecule has 2 heteroatoms. The zero-order valence-corrected chi connectivity index (χ0v) is 7.43. The third-order valence-electron chi connectivity index (χ3n) is 1.45. The van der Waals surface area contributed by atoms with Crippen LogP contribution in [0.3, 0.4) is 0 Å².